The van der Waals surface area contributed by atoms with Gasteiger partial charge in [-0.25, -0.2) is 0 Å². The molecule has 0 aliphatic rings. The van der Waals surface area contributed by atoms with Gasteiger partial charge in [-0.1, -0.05) is 34.1 Å². The minimum absolute atomic E-state index is 0.106. The molecule has 1 atom stereocenters. The zero-order valence-electron chi connectivity index (χ0n) is 14.8. The van der Waals surface area contributed by atoms with Gasteiger partial charge in [0.25, 0.3) is 0 Å². The molecule has 0 unspecified atom stereocenters. The standard InChI is InChI=1S/C20H20BrNO4/c1-12(17-8-13-6-4-5-7-16(13)26-17)22-20(23)10-14-9-18(24-2)19(25-3)11-15(14)21/h4-9,11-12H,10H2,1-3H3,(H,22,23)/t12-/m1/s1. The minimum Gasteiger partial charge on any atom is -0.493 e. The molecule has 0 aliphatic heterocycles. The molecule has 6 heteroatoms. The smallest absolute Gasteiger partial charge is 0.225 e. The normalized spacial score (nSPS) is 12.0. The average Bonchev–Trinajstić information content (AvgIpc) is 3.07. The molecule has 2 aromatic carbocycles. The fraction of sp³-hybridized carbons (Fsp3) is 0.250. The number of hydrogen-bond donors (Lipinski definition) is 1. The van der Waals surface area contributed by atoms with E-state index in [-0.39, 0.29) is 18.4 Å². The molecule has 0 bridgehead atoms. The highest BCUT2D eigenvalue weighted by molar-refractivity contribution is 9.10. The van der Waals surface area contributed by atoms with Gasteiger partial charge >= 0.3 is 0 Å². The Morgan fingerprint density at radius 1 is 1.15 bits per heavy atom. The molecule has 0 aliphatic carbocycles. The van der Waals surface area contributed by atoms with Gasteiger partial charge in [0, 0.05) is 9.86 Å². The molecule has 0 radical (unpaired) electrons. The predicted octanol–water partition coefficient (Wildman–Crippen LogP) is 4.63. The Morgan fingerprint density at radius 2 is 1.85 bits per heavy atom. The molecule has 0 saturated carbocycles. The quantitative estimate of drug-likeness (QED) is 0.634. The molecule has 0 fully saturated rings. The first-order valence-electron chi connectivity index (χ1n) is 8.20. The largest absolute Gasteiger partial charge is 0.493 e. The van der Waals surface area contributed by atoms with Crippen LogP contribution in [0, 0.1) is 0 Å². The van der Waals surface area contributed by atoms with Crippen molar-refractivity contribution in [1.82, 2.24) is 5.32 Å². The van der Waals surface area contributed by atoms with Gasteiger partial charge < -0.3 is 19.2 Å². The molecule has 1 heterocycles. The number of benzene rings is 2. The van der Waals surface area contributed by atoms with E-state index in [1.54, 1.807) is 26.4 Å². The van der Waals surface area contributed by atoms with Gasteiger partial charge in [-0.3, -0.25) is 4.79 Å². The molecule has 3 rings (SSSR count). The highest BCUT2D eigenvalue weighted by atomic mass is 79.9. The fourth-order valence-corrected chi connectivity index (χ4v) is 3.25. The van der Waals surface area contributed by atoms with E-state index < -0.39 is 0 Å². The van der Waals surface area contributed by atoms with Crippen molar-refractivity contribution in [2.24, 2.45) is 0 Å². The number of furan rings is 1. The maximum absolute atomic E-state index is 12.5. The van der Waals surface area contributed by atoms with Crippen molar-refractivity contribution >= 4 is 32.8 Å². The van der Waals surface area contributed by atoms with Crippen LogP contribution in [0.2, 0.25) is 0 Å². The van der Waals surface area contributed by atoms with Crippen LogP contribution in [0.15, 0.2) is 51.4 Å². The van der Waals surface area contributed by atoms with E-state index >= 15 is 0 Å². The Balaban J connectivity index is 1.72. The van der Waals surface area contributed by atoms with Crippen LogP contribution in [-0.4, -0.2) is 20.1 Å². The number of carbonyl (C=O) groups is 1. The molecule has 26 heavy (non-hydrogen) atoms. The first-order chi connectivity index (χ1) is 12.5. The van der Waals surface area contributed by atoms with E-state index in [1.165, 1.54) is 0 Å². The number of ether oxygens (including phenoxy) is 2. The maximum atomic E-state index is 12.5. The van der Waals surface area contributed by atoms with Crippen LogP contribution in [0.5, 0.6) is 11.5 Å². The first-order valence-corrected chi connectivity index (χ1v) is 8.99. The van der Waals surface area contributed by atoms with Gasteiger partial charge in [0.05, 0.1) is 26.7 Å². The summed E-state index contributed by atoms with van der Waals surface area (Å²) in [4.78, 5) is 12.5. The van der Waals surface area contributed by atoms with Crippen molar-refractivity contribution in [2.75, 3.05) is 14.2 Å². The number of para-hydroxylation sites is 1. The molecule has 1 N–H and O–H groups in total. The van der Waals surface area contributed by atoms with Crippen LogP contribution < -0.4 is 14.8 Å². The Hall–Kier alpha value is -2.47. The lowest BCUT2D eigenvalue weighted by molar-refractivity contribution is -0.121. The molecule has 5 nitrogen and oxygen atoms in total. The van der Waals surface area contributed by atoms with Crippen molar-refractivity contribution in [3.63, 3.8) is 0 Å². The summed E-state index contributed by atoms with van der Waals surface area (Å²) in [5, 5.41) is 3.99. The zero-order chi connectivity index (χ0) is 18.7. The lowest BCUT2D eigenvalue weighted by atomic mass is 10.1. The summed E-state index contributed by atoms with van der Waals surface area (Å²) in [6.45, 7) is 1.90. The van der Waals surface area contributed by atoms with Gasteiger partial charge in [0.15, 0.2) is 11.5 Å². The summed E-state index contributed by atoms with van der Waals surface area (Å²) in [5.41, 5.74) is 1.63. The molecular weight excluding hydrogens is 398 g/mol. The molecule has 0 spiro atoms. The maximum Gasteiger partial charge on any atom is 0.225 e. The van der Waals surface area contributed by atoms with E-state index in [1.807, 2.05) is 37.3 Å². The van der Waals surface area contributed by atoms with E-state index in [0.29, 0.717) is 11.5 Å². The van der Waals surface area contributed by atoms with Crippen LogP contribution in [-0.2, 0) is 11.2 Å². The SMILES string of the molecule is COc1cc(Br)c(CC(=O)N[C@H](C)c2cc3ccccc3o2)cc1OC. The van der Waals surface area contributed by atoms with Gasteiger partial charge in [-0.05, 0) is 36.8 Å². The van der Waals surface area contributed by atoms with Crippen LogP contribution in [0.1, 0.15) is 24.3 Å². The molecule has 1 amide bonds. The van der Waals surface area contributed by atoms with Crippen molar-refractivity contribution in [3.8, 4) is 11.5 Å². The van der Waals surface area contributed by atoms with Crippen molar-refractivity contribution < 1.29 is 18.7 Å². The van der Waals surface area contributed by atoms with E-state index in [9.17, 15) is 4.79 Å². The lowest BCUT2D eigenvalue weighted by Gasteiger charge is -2.14. The van der Waals surface area contributed by atoms with E-state index in [4.69, 9.17) is 13.9 Å². The number of nitrogens with one attached hydrogen (secondary N) is 1. The van der Waals surface area contributed by atoms with Gasteiger partial charge in [-0.2, -0.15) is 0 Å². The highest BCUT2D eigenvalue weighted by Gasteiger charge is 2.17. The Kier molecular flexibility index (Phi) is 5.52. The van der Waals surface area contributed by atoms with Crippen LogP contribution in [0.25, 0.3) is 11.0 Å². The monoisotopic (exact) mass is 417 g/mol. The second-order valence-corrected chi connectivity index (χ2v) is 6.81. The summed E-state index contributed by atoms with van der Waals surface area (Å²) in [6.07, 6.45) is 0.214. The zero-order valence-corrected chi connectivity index (χ0v) is 16.4. The van der Waals surface area contributed by atoms with Crippen molar-refractivity contribution in [2.45, 2.75) is 19.4 Å². The highest BCUT2D eigenvalue weighted by Crippen LogP contribution is 2.33. The van der Waals surface area contributed by atoms with Gasteiger partial charge in [-0.15, -0.1) is 0 Å². The summed E-state index contributed by atoms with van der Waals surface area (Å²) in [5.74, 6) is 1.82. The average molecular weight is 418 g/mol. The summed E-state index contributed by atoms with van der Waals surface area (Å²) < 4.78 is 17.2. The Labute approximate surface area is 160 Å². The first kappa shape index (κ1) is 18.3. The number of rotatable bonds is 6. The second kappa shape index (κ2) is 7.83. The third-order valence-electron chi connectivity index (χ3n) is 4.15. The summed E-state index contributed by atoms with van der Waals surface area (Å²) >= 11 is 3.48. The predicted molar refractivity (Wildman–Crippen MR) is 104 cm³/mol. The third-order valence-corrected chi connectivity index (χ3v) is 4.89. The summed E-state index contributed by atoms with van der Waals surface area (Å²) in [6, 6.07) is 13.1. The molecular formula is C20H20BrNO4. The molecule has 136 valence electrons. The van der Waals surface area contributed by atoms with Crippen molar-refractivity contribution in [1.29, 1.82) is 0 Å². The van der Waals surface area contributed by atoms with E-state index in [2.05, 4.69) is 21.2 Å². The van der Waals surface area contributed by atoms with Crippen molar-refractivity contribution in [3.05, 3.63) is 58.3 Å². The van der Waals surface area contributed by atoms with Crippen LogP contribution >= 0.6 is 15.9 Å². The summed E-state index contributed by atoms with van der Waals surface area (Å²) in [7, 11) is 3.14. The number of halogens is 1. The van der Waals surface area contributed by atoms with E-state index in [0.717, 1.165) is 26.8 Å². The van der Waals surface area contributed by atoms with Crippen LogP contribution in [0.3, 0.4) is 0 Å². The molecule has 3 aromatic rings. The second-order valence-electron chi connectivity index (χ2n) is 5.95. The van der Waals surface area contributed by atoms with Gasteiger partial charge in [0.2, 0.25) is 5.91 Å². The Bertz CT molecular complexity index is 902. The Morgan fingerprint density at radius 3 is 2.54 bits per heavy atom. The fourth-order valence-electron chi connectivity index (χ4n) is 2.78. The molecule has 1 aromatic heterocycles. The number of fused-ring (bicyclic) bond motifs is 1. The molecule has 0 saturated heterocycles. The minimum atomic E-state index is -0.228. The third kappa shape index (κ3) is 3.85. The van der Waals surface area contributed by atoms with Crippen LogP contribution in [0.4, 0.5) is 0 Å². The number of amides is 1. The van der Waals surface area contributed by atoms with Gasteiger partial charge in [0.1, 0.15) is 11.3 Å². The topological polar surface area (TPSA) is 60.7 Å². The number of methoxy groups -OCH3 is 2. The lowest BCUT2D eigenvalue weighted by Crippen LogP contribution is -2.28. The number of hydrogen-bond acceptors (Lipinski definition) is 4. The number of carbonyl (C=O) groups excluding carboxylic acids is 1.